The molecule has 0 aromatic carbocycles. The summed E-state index contributed by atoms with van der Waals surface area (Å²) in [5.41, 5.74) is 3.18. The molecule has 2 atom stereocenters. The summed E-state index contributed by atoms with van der Waals surface area (Å²) in [6.45, 7) is 7.51. The fraction of sp³-hybridized carbons (Fsp3) is 0.684. The second kappa shape index (κ2) is 7.18. The number of carbonyl (C=O) groups is 2. The van der Waals surface area contributed by atoms with E-state index in [0.29, 0.717) is 32.6 Å². The molecule has 0 aromatic heterocycles. The Morgan fingerprint density at radius 3 is 2.43 bits per heavy atom. The Kier molecular flexibility index (Phi) is 5.35. The summed E-state index contributed by atoms with van der Waals surface area (Å²) in [5, 5.41) is 1.80. The zero-order valence-corrected chi connectivity index (χ0v) is 17.7. The average molecular weight is 412 g/mol. The van der Waals surface area contributed by atoms with Crippen LogP contribution >= 0.6 is 0 Å². The van der Waals surface area contributed by atoms with Gasteiger partial charge in [-0.05, 0) is 32.8 Å². The zero-order chi connectivity index (χ0) is 20.7. The van der Waals surface area contributed by atoms with Gasteiger partial charge in [0, 0.05) is 38.4 Å². The van der Waals surface area contributed by atoms with Crippen LogP contribution in [0.25, 0.3) is 0 Å². The molecule has 2 fully saturated rings. The molecule has 2 aliphatic carbocycles. The number of hydrogen-bond acceptors (Lipinski definition) is 6. The average Bonchev–Trinajstić information content (AvgIpc) is 3.29. The van der Waals surface area contributed by atoms with E-state index >= 15 is 0 Å². The Morgan fingerprint density at radius 1 is 1.25 bits per heavy atom. The monoisotopic (exact) mass is 411 g/mol. The van der Waals surface area contributed by atoms with E-state index < -0.39 is 20.2 Å². The van der Waals surface area contributed by atoms with Crippen molar-refractivity contribution < 1.29 is 22.7 Å². The van der Waals surface area contributed by atoms with Crippen molar-refractivity contribution in [3.05, 3.63) is 23.8 Å². The maximum atomic E-state index is 12.3. The zero-order valence-electron chi connectivity index (χ0n) is 16.9. The number of hydrogen-bond donors (Lipinski definition) is 1. The lowest BCUT2D eigenvalue weighted by molar-refractivity contribution is -0.125. The van der Waals surface area contributed by atoms with Crippen LogP contribution in [0.1, 0.15) is 33.6 Å². The van der Waals surface area contributed by atoms with Crippen molar-refractivity contribution in [2.24, 2.45) is 5.92 Å². The number of carbonyl (C=O) groups excluding carboxylic acids is 2. The van der Waals surface area contributed by atoms with Crippen molar-refractivity contribution >= 4 is 21.8 Å². The first-order valence-corrected chi connectivity index (χ1v) is 11.4. The summed E-state index contributed by atoms with van der Waals surface area (Å²) >= 11 is 0. The normalized spacial score (nSPS) is 27.6. The van der Waals surface area contributed by atoms with E-state index in [-0.39, 0.29) is 24.3 Å². The maximum absolute atomic E-state index is 12.3. The van der Waals surface area contributed by atoms with Gasteiger partial charge in [-0.3, -0.25) is 10.2 Å². The molecule has 1 N–H and O–H groups in total. The number of rotatable bonds is 4. The van der Waals surface area contributed by atoms with Gasteiger partial charge < -0.3 is 9.64 Å². The number of nitrogens with zero attached hydrogens (tertiary/aromatic N) is 2. The largest absolute Gasteiger partial charge is 0.444 e. The van der Waals surface area contributed by atoms with Crippen molar-refractivity contribution in [3.8, 4) is 0 Å². The number of amides is 2. The van der Waals surface area contributed by atoms with Crippen molar-refractivity contribution in [2.75, 3.05) is 32.4 Å². The summed E-state index contributed by atoms with van der Waals surface area (Å²) in [4.78, 5) is 26.0. The van der Waals surface area contributed by atoms with E-state index in [1.165, 1.54) is 6.26 Å². The molecule has 9 heteroatoms. The molecule has 0 aromatic rings. The third kappa shape index (κ3) is 4.57. The van der Waals surface area contributed by atoms with Crippen LogP contribution in [0, 0.1) is 5.92 Å². The summed E-state index contributed by atoms with van der Waals surface area (Å²) in [6, 6.07) is 0. The highest BCUT2D eigenvalue weighted by atomic mass is 32.2. The molecule has 3 aliphatic rings. The highest BCUT2D eigenvalue weighted by Crippen LogP contribution is 2.54. The maximum Gasteiger partial charge on any atom is 0.410 e. The Balaban J connectivity index is 1.44. The predicted molar refractivity (Wildman–Crippen MR) is 105 cm³/mol. The molecule has 2 amide bonds. The summed E-state index contributed by atoms with van der Waals surface area (Å²) in [6.07, 6.45) is 7.12. The first-order valence-electron chi connectivity index (χ1n) is 9.51. The molecule has 156 valence electrons. The second-order valence-corrected chi connectivity index (χ2v) is 11.1. The van der Waals surface area contributed by atoms with E-state index in [1.807, 2.05) is 26.8 Å². The number of piperazine rings is 1. The predicted octanol–water partition coefficient (Wildman–Crippen LogP) is 1.26. The molecular formula is C19H29N3O5S. The van der Waals surface area contributed by atoms with Crippen LogP contribution in [-0.2, 0) is 19.4 Å². The first-order chi connectivity index (χ1) is 12.9. The highest BCUT2D eigenvalue weighted by molar-refractivity contribution is 7.92. The molecule has 8 nitrogen and oxygen atoms in total. The van der Waals surface area contributed by atoms with Gasteiger partial charge >= 0.3 is 6.09 Å². The Morgan fingerprint density at radius 2 is 1.89 bits per heavy atom. The number of hydrazine groups is 1. The van der Waals surface area contributed by atoms with Gasteiger partial charge in [0.15, 0.2) is 9.84 Å². The lowest BCUT2D eigenvalue weighted by Gasteiger charge is -2.35. The molecule has 1 saturated heterocycles. The summed E-state index contributed by atoms with van der Waals surface area (Å²) in [5.74, 6) is -0.165. The Bertz CT molecular complexity index is 819. The molecule has 3 rings (SSSR count). The molecule has 28 heavy (non-hydrogen) atoms. The van der Waals surface area contributed by atoms with E-state index in [2.05, 4.69) is 5.43 Å². The van der Waals surface area contributed by atoms with Gasteiger partial charge in [0.25, 0.3) is 0 Å². The number of ether oxygens (including phenoxy) is 1. The van der Waals surface area contributed by atoms with Crippen LogP contribution in [0.5, 0.6) is 0 Å². The molecule has 1 saturated carbocycles. The van der Waals surface area contributed by atoms with Gasteiger partial charge in [0.1, 0.15) is 5.60 Å². The lowest BCUT2D eigenvalue weighted by atomic mass is 10.0. The third-order valence-electron chi connectivity index (χ3n) is 5.27. The van der Waals surface area contributed by atoms with E-state index in [0.717, 1.165) is 5.57 Å². The smallest absolute Gasteiger partial charge is 0.410 e. The number of fused-ring (bicyclic) bond motifs is 1. The molecule has 0 spiro atoms. The Hall–Kier alpha value is -1.87. The molecule has 0 radical (unpaired) electrons. The van der Waals surface area contributed by atoms with Gasteiger partial charge in [-0.1, -0.05) is 18.2 Å². The quantitative estimate of drug-likeness (QED) is 0.748. The number of allylic oxidation sites excluding steroid dienone is 2. The van der Waals surface area contributed by atoms with Gasteiger partial charge in [0.2, 0.25) is 5.91 Å². The van der Waals surface area contributed by atoms with E-state index in [1.54, 1.807) is 22.1 Å². The van der Waals surface area contributed by atoms with Gasteiger partial charge in [-0.25, -0.2) is 18.2 Å². The fourth-order valence-corrected chi connectivity index (χ4v) is 5.05. The van der Waals surface area contributed by atoms with Gasteiger partial charge in [-0.15, -0.1) is 0 Å². The van der Waals surface area contributed by atoms with Crippen molar-refractivity contribution in [2.45, 2.75) is 44.0 Å². The second-order valence-electron chi connectivity index (χ2n) is 8.78. The molecule has 2 unspecified atom stereocenters. The number of sulfone groups is 1. The SMILES string of the molecule is CC(C)(C)OC(=O)N1CCN(NC(=O)CC2=CC3CC3(S(C)(=O)=O)C=C2)CC1. The topological polar surface area (TPSA) is 96.0 Å². The number of nitrogens with one attached hydrogen (secondary N) is 1. The molecule has 1 aliphatic heterocycles. The van der Waals surface area contributed by atoms with Gasteiger partial charge in [-0.2, -0.15) is 0 Å². The van der Waals surface area contributed by atoms with Crippen LogP contribution in [0.4, 0.5) is 4.79 Å². The lowest BCUT2D eigenvalue weighted by Crippen LogP contribution is -2.55. The third-order valence-corrected chi connectivity index (χ3v) is 7.26. The Labute approximate surface area is 166 Å². The van der Waals surface area contributed by atoms with Gasteiger partial charge in [0.05, 0.1) is 11.2 Å². The highest BCUT2D eigenvalue weighted by Gasteiger charge is 2.59. The minimum atomic E-state index is -3.13. The van der Waals surface area contributed by atoms with Crippen LogP contribution in [0.15, 0.2) is 23.8 Å². The molecular weight excluding hydrogens is 382 g/mol. The van der Waals surface area contributed by atoms with Crippen LogP contribution in [0.3, 0.4) is 0 Å². The minimum absolute atomic E-state index is 0.0207. The van der Waals surface area contributed by atoms with E-state index in [4.69, 9.17) is 4.74 Å². The molecule has 1 heterocycles. The van der Waals surface area contributed by atoms with Crippen LogP contribution in [-0.4, -0.2) is 73.1 Å². The van der Waals surface area contributed by atoms with Crippen molar-refractivity contribution in [1.29, 1.82) is 0 Å². The summed E-state index contributed by atoms with van der Waals surface area (Å²) in [7, 11) is -3.13. The minimum Gasteiger partial charge on any atom is -0.444 e. The van der Waals surface area contributed by atoms with Crippen molar-refractivity contribution in [1.82, 2.24) is 15.3 Å². The first kappa shape index (κ1) is 20.9. The summed E-state index contributed by atoms with van der Waals surface area (Å²) < 4.78 is 28.4. The standard InChI is InChI=1S/C19H29N3O5S/c1-18(2,3)27-17(24)21-7-9-22(10-8-21)20-16(23)12-14-5-6-19(28(4,25)26)13-15(19)11-14/h5-6,11,15H,7-10,12-13H2,1-4H3,(H,20,23). The van der Waals surface area contributed by atoms with Crippen LogP contribution < -0.4 is 5.43 Å². The van der Waals surface area contributed by atoms with Crippen LogP contribution in [0.2, 0.25) is 0 Å². The fourth-order valence-electron chi connectivity index (χ4n) is 3.63. The van der Waals surface area contributed by atoms with E-state index in [9.17, 15) is 18.0 Å². The molecule has 0 bridgehead atoms. The van der Waals surface area contributed by atoms with Crippen molar-refractivity contribution in [3.63, 3.8) is 0 Å².